The lowest BCUT2D eigenvalue weighted by Gasteiger charge is -2.06. The minimum atomic E-state index is -1.64. The van der Waals surface area contributed by atoms with E-state index in [2.05, 4.69) is 4.79 Å². The Hall–Kier alpha value is -1.98. The van der Waals surface area contributed by atoms with Gasteiger partial charge in [-0.05, 0) is 0 Å². The molecule has 2 N–H and O–H groups in total. The molecular weight excluding hydrogens is 178 g/mol. The van der Waals surface area contributed by atoms with Crippen molar-refractivity contribution in [2.45, 2.75) is 6.10 Å². The fourth-order valence-corrected chi connectivity index (χ4v) is 0.863. The van der Waals surface area contributed by atoms with E-state index in [4.69, 9.17) is 15.7 Å². The highest BCUT2D eigenvalue weighted by Gasteiger charge is 2.34. The molecule has 0 fully saturated rings. The third kappa shape index (κ3) is 1.46. The number of hydrogen-bond acceptors (Lipinski definition) is 4. The summed E-state index contributed by atoms with van der Waals surface area (Å²) in [7, 11) is 0. The average Bonchev–Trinajstić information content (AvgIpc) is 2.09. The molecule has 0 saturated carbocycles. The number of aliphatic hydroxyl groups excluding tert-OH is 2. The van der Waals surface area contributed by atoms with Crippen molar-refractivity contribution in [3.8, 4) is 0 Å². The second kappa shape index (κ2) is 3.18. The predicted molar refractivity (Wildman–Crippen MR) is 40.4 cm³/mol. The van der Waals surface area contributed by atoms with Crippen LogP contribution in [0.15, 0.2) is 23.6 Å². The maximum atomic E-state index is 10.2. The second-order valence-corrected chi connectivity index (χ2v) is 2.29. The molecule has 0 aromatic carbocycles. The highest BCUT2D eigenvalue weighted by molar-refractivity contribution is 5.97. The van der Waals surface area contributed by atoms with Crippen LogP contribution in [0.4, 0.5) is 0 Å². The van der Waals surface area contributed by atoms with Gasteiger partial charge in [-0.25, -0.2) is 0 Å². The summed E-state index contributed by atoms with van der Waals surface area (Å²) in [6.45, 7) is 0. The first-order valence-electron chi connectivity index (χ1n) is 3.23. The molecule has 0 heterocycles. The van der Waals surface area contributed by atoms with E-state index in [9.17, 15) is 10.1 Å². The van der Waals surface area contributed by atoms with Gasteiger partial charge in [-0.3, -0.25) is 10.1 Å². The van der Waals surface area contributed by atoms with Crippen molar-refractivity contribution in [3.05, 3.63) is 39.3 Å². The minimum absolute atomic E-state index is 0.247. The van der Waals surface area contributed by atoms with Crippen molar-refractivity contribution in [3.63, 3.8) is 0 Å². The second-order valence-electron chi connectivity index (χ2n) is 2.29. The van der Waals surface area contributed by atoms with Gasteiger partial charge in [0, 0.05) is 12.2 Å². The largest absolute Gasteiger partial charge is 0.503 e. The number of hydrogen-bond donors (Lipinski definition) is 2. The molecule has 1 rings (SSSR count). The molecule has 0 aromatic rings. The SMILES string of the molecule is [N-]=[N+]=C1C=CC([N+](=O)[O-])=C(O)C1O. The molecule has 0 radical (unpaired) electrons. The molecule has 1 aliphatic rings. The molecule has 1 atom stereocenters. The van der Waals surface area contributed by atoms with Gasteiger partial charge in [0.15, 0.2) is 0 Å². The Morgan fingerprint density at radius 3 is 2.69 bits per heavy atom. The van der Waals surface area contributed by atoms with Crippen LogP contribution in [0.2, 0.25) is 0 Å². The summed E-state index contributed by atoms with van der Waals surface area (Å²) in [6, 6.07) is 0. The molecule has 0 aromatic heterocycles. The average molecular weight is 183 g/mol. The summed E-state index contributed by atoms with van der Waals surface area (Å²) in [4.78, 5) is 12.0. The van der Waals surface area contributed by atoms with Crippen LogP contribution in [-0.2, 0) is 0 Å². The van der Waals surface area contributed by atoms with Crippen LogP contribution in [0, 0.1) is 10.1 Å². The van der Waals surface area contributed by atoms with E-state index in [-0.39, 0.29) is 5.71 Å². The first-order chi connectivity index (χ1) is 6.07. The van der Waals surface area contributed by atoms with Crippen LogP contribution in [0.5, 0.6) is 0 Å². The Labute approximate surface area is 72.0 Å². The lowest BCUT2D eigenvalue weighted by atomic mass is 10.1. The Kier molecular flexibility index (Phi) is 2.23. The zero-order valence-corrected chi connectivity index (χ0v) is 6.28. The summed E-state index contributed by atoms with van der Waals surface area (Å²) in [5.74, 6) is -0.833. The summed E-state index contributed by atoms with van der Waals surface area (Å²) < 4.78 is 0. The predicted octanol–water partition coefficient (Wildman–Crippen LogP) is -0.366. The molecule has 7 heteroatoms. The highest BCUT2D eigenvalue weighted by Crippen LogP contribution is 2.14. The van der Waals surface area contributed by atoms with E-state index in [1.807, 2.05) is 0 Å². The summed E-state index contributed by atoms with van der Waals surface area (Å²) >= 11 is 0. The van der Waals surface area contributed by atoms with E-state index in [0.717, 1.165) is 12.2 Å². The zero-order valence-electron chi connectivity index (χ0n) is 6.28. The molecule has 0 spiro atoms. The van der Waals surface area contributed by atoms with Crippen LogP contribution in [0.1, 0.15) is 0 Å². The minimum Gasteiger partial charge on any atom is -0.503 e. The van der Waals surface area contributed by atoms with Gasteiger partial charge >= 0.3 is 11.4 Å². The molecule has 68 valence electrons. The van der Waals surface area contributed by atoms with Crippen LogP contribution in [0.25, 0.3) is 5.53 Å². The quantitative estimate of drug-likeness (QED) is 0.249. The van der Waals surface area contributed by atoms with E-state index in [1.54, 1.807) is 0 Å². The zero-order chi connectivity index (χ0) is 10.0. The van der Waals surface area contributed by atoms with Crippen LogP contribution >= 0.6 is 0 Å². The summed E-state index contributed by atoms with van der Waals surface area (Å²) in [5.41, 5.74) is 7.42. The van der Waals surface area contributed by atoms with Crippen LogP contribution < -0.4 is 0 Å². The van der Waals surface area contributed by atoms with Gasteiger partial charge in [-0.15, -0.1) is 0 Å². The van der Waals surface area contributed by atoms with E-state index in [1.165, 1.54) is 0 Å². The first-order valence-corrected chi connectivity index (χ1v) is 3.23. The number of allylic oxidation sites excluding steroid dienone is 1. The molecule has 0 amide bonds. The lowest BCUT2D eigenvalue weighted by Crippen LogP contribution is -2.27. The third-order valence-electron chi connectivity index (χ3n) is 1.53. The van der Waals surface area contributed by atoms with Gasteiger partial charge in [0.25, 0.3) is 0 Å². The number of nitro groups is 1. The fraction of sp³-hybridized carbons (Fsp3) is 0.167. The smallest absolute Gasteiger partial charge is 0.328 e. The molecular formula is C6H5N3O4. The van der Waals surface area contributed by atoms with Gasteiger partial charge in [-0.2, -0.15) is 4.79 Å². The Balaban J connectivity index is 3.18. The normalized spacial score (nSPS) is 21.6. The van der Waals surface area contributed by atoms with Gasteiger partial charge in [0.2, 0.25) is 11.9 Å². The van der Waals surface area contributed by atoms with Crippen LogP contribution in [-0.4, -0.2) is 31.7 Å². The highest BCUT2D eigenvalue weighted by atomic mass is 16.6. The molecule has 0 saturated heterocycles. The Morgan fingerprint density at radius 2 is 2.23 bits per heavy atom. The first kappa shape index (κ1) is 9.11. The standard InChI is InChI=1S/C6H5N3O4/c7-8-3-1-2-4(9(12)13)6(11)5(3)10/h1-2,5,10-11H. The maximum Gasteiger partial charge on any atom is 0.328 e. The fourth-order valence-electron chi connectivity index (χ4n) is 0.863. The molecule has 13 heavy (non-hydrogen) atoms. The molecule has 0 bridgehead atoms. The lowest BCUT2D eigenvalue weighted by molar-refractivity contribution is -0.422. The van der Waals surface area contributed by atoms with Gasteiger partial charge in [-0.1, -0.05) is 0 Å². The molecule has 7 nitrogen and oxygen atoms in total. The summed E-state index contributed by atoms with van der Waals surface area (Å²) in [5, 5.41) is 28.4. The topological polar surface area (TPSA) is 120 Å². The number of rotatable bonds is 1. The molecule has 1 aliphatic carbocycles. The van der Waals surface area contributed by atoms with Gasteiger partial charge in [0.05, 0.1) is 4.92 Å². The monoisotopic (exact) mass is 183 g/mol. The van der Waals surface area contributed by atoms with Gasteiger partial charge < -0.3 is 15.7 Å². The van der Waals surface area contributed by atoms with Gasteiger partial charge in [0.1, 0.15) is 0 Å². The molecule has 0 aliphatic heterocycles. The van der Waals surface area contributed by atoms with Crippen molar-refractivity contribution in [2.75, 3.05) is 0 Å². The van der Waals surface area contributed by atoms with Crippen molar-refractivity contribution in [1.29, 1.82) is 0 Å². The molecule has 1 unspecified atom stereocenters. The number of nitrogens with zero attached hydrogens (tertiary/aromatic N) is 3. The number of aliphatic hydroxyl groups is 2. The van der Waals surface area contributed by atoms with Crippen molar-refractivity contribution >= 4 is 5.71 Å². The van der Waals surface area contributed by atoms with E-state index < -0.39 is 22.5 Å². The van der Waals surface area contributed by atoms with E-state index >= 15 is 0 Å². The summed E-state index contributed by atoms with van der Waals surface area (Å²) in [6.07, 6.45) is 0.343. The van der Waals surface area contributed by atoms with Crippen molar-refractivity contribution in [2.24, 2.45) is 0 Å². The van der Waals surface area contributed by atoms with Crippen molar-refractivity contribution < 1.29 is 19.9 Å². The van der Waals surface area contributed by atoms with Crippen LogP contribution in [0.3, 0.4) is 0 Å². The van der Waals surface area contributed by atoms with E-state index in [0.29, 0.717) is 0 Å². The Morgan fingerprint density at radius 1 is 1.62 bits per heavy atom. The Bertz CT molecular complexity index is 364. The maximum absolute atomic E-state index is 10.2. The van der Waals surface area contributed by atoms with Crippen molar-refractivity contribution in [1.82, 2.24) is 0 Å². The third-order valence-corrected chi connectivity index (χ3v) is 1.53.